The van der Waals surface area contributed by atoms with Gasteiger partial charge < -0.3 is 14.8 Å². The van der Waals surface area contributed by atoms with Crippen LogP contribution in [0.5, 0.6) is 11.5 Å². The number of nitrogens with one attached hydrogen (secondary N) is 1. The number of anilines is 1. The monoisotopic (exact) mass is 335 g/mol. The molecule has 2 aromatic carbocycles. The predicted octanol–water partition coefficient (Wildman–Crippen LogP) is 4.39. The maximum absolute atomic E-state index is 5.27. The Morgan fingerprint density at radius 1 is 0.950 bits per heavy atom. The molecule has 0 bridgehead atoms. The van der Waals surface area contributed by atoms with Gasteiger partial charge in [-0.2, -0.15) is 0 Å². The van der Waals surface area contributed by atoms with Crippen molar-refractivity contribution >= 4 is 21.6 Å². The van der Waals surface area contributed by atoms with Crippen LogP contribution in [0.15, 0.2) is 40.9 Å². The molecule has 0 saturated heterocycles. The van der Waals surface area contributed by atoms with E-state index in [-0.39, 0.29) is 0 Å². The third-order valence-corrected chi connectivity index (χ3v) is 3.41. The maximum Gasteiger partial charge on any atom is 0.122 e. The number of benzene rings is 2. The van der Waals surface area contributed by atoms with Crippen molar-refractivity contribution in [3.8, 4) is 11.5 Å². The van der Waals surface area contributed by atoms with E-state index in [1.54, 1.807) is 14.2 Å². The Hall–Kier alpha value is -1.68. The molecule has 0 heterocycles. The number of halogens is 1. The minimum atomic E-state index is 0.712. The first-order valence-corrected chi connectivity index (χ1v) is 7.13. The summed E-state index contributed by atoms with van der Waals surface area (Å²) in [4.78, 5) is 0. The van der Waals surface area contributed by atoms with Gasteiger partial charge in [0.2, 0.25) is 0 Å². The average Bonchev–Trinajstić information content (AvgIpc) is 2.43. The molecule has 3 nitrogen and oxygen atoms in total. The fourth-order valence-corrected chi connectivity index (χ4v) is 2.62. The molecule has 0 aliphatic carbocycles. The Balaban J connectivity index is 2.13. The molecular weight excluding hydrogens is 318 g/mol. The van der Waals surface area contributed by atoms with Gasteiger partial charge in [0.05, 0.1) is 14.2 Å². The zero-order valence-corrected chi connectivity index (χ0v) is 13.5. The summed E-state index contributed by atoms with van der Waals surface area (Å²) in [5.41, 5.74) is 3.41. The van der Waals surface area contributed by atoms with Gasteiger partial charge in [-0.1, -0.05) is 15.9 Å². The number of aryl methyl sites for hydroxylation is 1. The molecule has 0 fully saturated rings. The van der Waals surface area contributed by atoms with Crippen LogP contribution in [0.1, 0.15) is 11.1 Å². The largest absolute Gasteiger partial charge is 0.497 e. The summed E-state index contributed by atoms with van der Waals surface area (Å²) in [7, 11) is 3.31. The molecule has 0 aromatic heterocycles. The molecule has 2 aromatic rings. The second kappa shape index (κ2) is 6.66. The van der Waals surface area contributed by atoms with Crippen molar-refractivity contribution in [3.05, 3.63) is 52.0 Å². The molecule has 0 radical (unpaired) electrons. The lowest BCUT2D eigenvalue weighted by molar-refractivity contribution is 0.393. The van der Waals surface area contributed by atoms with Gasteiger partial charge in [-0.25, -0.2) is 0 Å². The van der Waals surface area contributed by atoms with Gasteiger partial charge in [0, 0.05) is 22.8 Å². The third-order valence-electron chi connectivity index (χ3n) is 2.95. The Morgan fingerprint density at radius 3 is 2.15 bits per heavy atom. The van der Waals surface area contributed by atoms with Crippen molar-refractivity contribution < 1.29 is 9.47 Å². The average molecular weight is 336 g/mol. The number of ether oxygens (including phenoxy) is 2. The smallest absolute Gasteiger partial charge is 0.122 e. The van der Waals surface area contributed by atoms with Crippen LogP contribution in [-0.2, 0) is 6.54 Å². The van der Waals surface area contributed by atoms with Crippen molar-refractivity contribution in [2.45, 2.75) is 13.5 Å². The first-order valence-electron chi connectivity index (χ1n) is 6.33. The van der Waals surface area contributed by atoms with Crippen LogP contribution >= 0.6 is 15.9 Å². The quantitative estimate of drug-likeness (QED) is 0.879. The number of hydrogen-bond donors (Lipinski definition) is 1. The van der Waals surface area contributed by atoms with Crippen LogP contribution < -0.4 is 14.8 Å². The van der Waals surface area contributed by atoms with E-state index in [9.17, 15) is 0 Å². The molecule has 0 spiro atoms. The predicted molar refractivity (Wildman–Crippen MR) is 85.8 cm³/mol. The molecule has 0 atom stereocenters. The van der Waals surface area contributed by atoms with Crippen molar-refractivity contribution in [2.24, 2.45) is 0 Å². The summed E-state index contributed by atoms with van der Waals surface area (Å²) < 4.78 is 11.6. The summed E-state index contributed by atoms with van der Waals surface area (Å²) in [6.45, 7) is 2.79. The summed E-state index contributed by atoms with van der Waals surface area (Å²) in [6.07, 6.45) is 0. The molecule has 0 unspecified atom stereocenters. The summed E-state index contributed by atoms with van der Waals surface area (Å²) in [6, 6.07) is 12.1. The van der Waals surface area contributed by atoms with Gasteiger partial charge in [0.1, 0.15) is 11.5 Å². The minimum Gasteiger partial charge on any atom is -0.497 e. The summed E-state index contributed by atoms with van der Waals surface area (Å²) >= 11 is 3.50. The van der Waals surface area contributed by atoms with Gasteiger partial charge >= 0.3 is 0 Å². The normalized spacial score (nSPS) is 10.2. The molecule has 0 saturated carbocycles. The molecule has 0 aliphatic rings. The topological polar surface area (TPSA) is 30.5 Å². The summed E-state index contributed by atoms with van der Waals surface area (Å²) in [5.74, 6) is 1.60. The maximum atomic E-state index is 5.27. The summed E-state index contributed by atoms with van der Waals surface area (Å²) in [5, 5.41) is 3.40. The molecule has 0 amide bonds. The zero-order chi connectivity index (χ0) is 14.5. The van der Waals surface area contributed by atoms with Crippen molar-refractivity contribution in [3.63, 3.8) is 0 Å². The fraction of sp³-hybridized carbons (Fsp3) is 0.250. The first-order chi connectivity index (χ1) is 9.60. The van der Waals surface area contributed by atoms with E-state index in [0.717, 1.165) is 27.2 Å². The Labute approximate surface area is 128 Å². The van der Waals surface area contributed by atoms with Crippen molar-refractivity contribution in [1.29, 1.82) is 0 Å². The Morgan fingerprint density at radius 2 is 1.60 bits per heavy atom. The van der Waals surface area contributed by atoms with Crippen LogP contribution in [0.4, 0.5) is 5.69 Å². The molecule has 1 N–H and O–H groups in total. The lowest BCUT2D eigenvalue weighted by Crippen LogP contribution is -2.01. The van der Waals surface area contributed by atoms with E-state index in [4.69, 9.17) is 9.47 Å². The van der Waals surface area contributed by atoms with E-state index >= 15 is 0 Å². The number of hydrogen-bond acceptors (Lipinski definition) is 3. The SMILES string of the molecule is COc1cc(CNc2cc(C)cc(Br)c2)cc(OC)c1. The number of rotatable bonds is 5. The standard InChI is InChI=1S/C16H18BrNO2/c1-11-4-13(17)8-14(5-11)18-10-12-6-15(19-2)9-16(7-12)20-3/h4-9,18H,10H2,1-3H3. The minimum absolute atomic E-state index is 0.712. The van der Waals surface area contributed by atoms with Gasteiger partial charge in [0.15, 0.2) is 0 Å². The lowest BCUT2D eigenvalue weighted by atomic mass is 10.2. The van der Waals surface area contributed by atoms with E-state index < -0.39 is 0 Å². The van der Waals surface area contributed by atoms with Gasteiger partial charge in [-0.15, -0.1) is 0 Å². The highest BCUT2D eigenvalue weighted by Gasteiger charge is 2.03. The molecule has 0 aliphatic heterocycles. The van der Waals surface area contributed by atoms with Crippen molar-refractivity contribution in [1.82, 2.24) is 0 Å². The van der Waals surface area contributed by atoms with Gasteiger partial charge in [-0.3, -0.25) is 0 Å². The molecule has 20 heavy (non-hydrogen) atoms. The van der Waals surface area contributed by atoms with E-state index in [1.165, 1.54) is 5.56 Å². The van der Waals surface area contributed by atoms with Crippen molar-refractivity contribution in [2.75, 3.05) is 19.5 Å². The van der Waals surface area contributed by atoms with Gasteiger partial charge in [-0.05, 0) is 48.4 Å². The molecule has 106 valence electrons. The Kier molecular flexibility index (Phi) is 4.90. The van der Waals surface area contributed by atoms with Crippen LogP contribution in [0.3, 0.4) is 0 Å². The molecular formula is C16H18BrNO2. The highest BCUT2D eigenvalue weighted by Crippen LogP contribution is 2.24. The molecule has 2 rings (SSSR count). The number of methoxy groups -OCH3 is 2. The van der Waals surface area contributed by atoms with Gasteiger partial charge in [0.25, 0.3) is 0 Å². The highest BCUT2D eigenvalue weighted by molar-refractivity contribution is 9.10. The highest BCUT2D eigenvalue weighted by atomic mass is 79.9. The van der Waals surface area contributed by atoms with E-state index in [1.807, 2.05) is 18.2 Å². The molecule has 4 heteroatoms. The van der Waals surface area contributed by atoms with Crippen LogP contribution in [-0.4, -0.2) is 14.2 Å². The fourth-order valence-electron chi connectivity index (χ4n) is 2.01. The lowest BCUT2D eigenvalue weighted by Gasteiger charge is -2.11. The second-order valence-electron chi connectivity index (χ2n) is 4.59. The zero-order valence-electron chi connectivity index (χ0n) is 11.9. The van der Waals surface area contributed by atoms with E-state index in [2.05, 4.69) is 46.4 Å². The first kappa shape index (κ1) is 14.7. The second-order valence-corrected chi connectivity index (χ2v) is 5.51. The van der Waals surface area contributed by atoms with Crippen LogP contribution in [0.25, 0.3) is 0 Å². The Bertz CT molecular complexity index is 557. The van der Waals surface area contributed by atoms with Crippen LogP contribution in [0, 0.1) is 6.92 Å². The van der Waals surface area contributed by atoms with Crippen LogP contribution in [0.2, 0.25) is 0 Å². The third kappa shape index (κ3) is 3.90. The van der Waals surface area contributed by atoms with E-state index in [0.29, 0.717) is 6.54 Å².